The van der Waals surface area contributed by atoms with Gasteiger partial charge in [-0.05, 0) is 31.0 Å². The molecule has 1 aromatic carbocycles. The van der Waals surface area contributed by atoms with Gasteiger partial charge in [-0.15, -0.1) is 0 Å². The van der Waals surface area contributed by atoms with Gasteiger partial charge in [0.25, 0.3) is 0 Å². The monoisotopic (exact) mass is 248 g/mol. The Morgan fingerprint density at radius 1 is 1.11 bits per heavy atom. The van der Waals surface area contributed by atoms with Crippen molar-refractivity contribution in [2.45, 2.75) is 44.1 Å². The molecule has 1 spiro atoms. The highest BCUT2D eigenvalue weighted by molar-refractivity contribution is 6.08. The lowest BCUT2D eigenvalue weighted by Crippen LogP contribution is -2.57. The molecule has 1 aliphatic carbocycles. The zero-order chi connectivity index (χ0) is 12.6. The fourth-order valence-electron chi connectivity index (χ4n) is 3.00. The molecule has 0 saturated heterocycles. The van der Waals surface area contributed by atoms with E-state index in [9.17, 15) is 9.18 Å². The van der Waals surface area contributed by atoms with Gasteiger partial charge in [-0.25, -0.2) is 9.82 Å². The van der Waals surface area contributed by atoms with Crippen LogP contribution in [0.1, 0.15) is 48.9 Å². The molecule has 0 aromatic heterocycles. The maximum Gasteiger partial charge on any atom is 0.186 e. The molecule has 18 heavy (non-hydrogen) atoms. The van der Waals surface area contributed by atoms with Crippen LogP contribution < -0.4 is 10.9 Å². The van der Waals surface area contributed by atoms with Crippen molar-refractivity contribution in [1.82, 2.24) is 5.43 Å². The third kappa shape index (κ3) is 1.81. The molecule has 2 N–H and O–H groups in total. The number of rotatable bonds is 0. The molecule has 1 aromatic rings. The molecule has 3 nitrogen and oxygen atoms in total. The van der Waals surface area contributed by atoms with E-state index in [1.165, 1.54) is 25.0 Å². The zero-order valence-corrected chi connectivity index (χ0v) is 10.3. The number of Topliss-reactive ketones (excluding diaryl/α,β-unsaturated/α-hetero) is 1. The summed E-state index contributed by atoms with van der Waals surface area (Å²) in [4.78, 5) is 12.6. The summed E-state index contributed by atoms with van der Waals surface area (Å²) < 4.78 is 13.3. The highest BCUT2D eigenvalue weighted by atomic mass is 19.1. The van der Waals surface area contributed by atoms with Gasteiger partial charge in [0.05, 0.1) is 11.2 Å². The molecule has 3 rings (SSSR count). The summed E-state index contributed by atoms with van der Waals surface area (Å²) >= 11 is 0. The summed E-state index contributed by atoms with van der Waals surface area (Å²) in [5, 5.41) is 0. The minimum Gasteiger partial charge on any atom is -0.320 e. The second kappa shape index (κ2) is 4.35. The first kappa shape index (κ1) is 11.7. The van der Waals surface area contributed by atoms with Crippen molar-refractivity contribution in [1.29, 1.82) is 0 Å². The maximum absolute atomic E-state index is 13.3. The first-order chi connectivity index (χ1) is 8.71. The predicted molar refractivity (Wildman–Crippen MR) is 67.9 cm³/mol. The van der Waals surface area contributed by atoms with E-state index < -0.39 is 5.54 Å². The number of hydrogen-bond acceptors (Lipinski definition) is 3. The number of ketones is 1. The van der Waals surface area contributed by atoms with Gasteiger partial charge in [0.1, 0.15) is 5.82 Å². The third-order valence-electron chi connectivity index (χ3n) is 4.05. The summed E-state index contributed by atoms with van der Waals surface area (Å²) in [7, 11) is 0. The van der Waals surface area contributed by atoms with Crippen LogP contribution in [0.5, 0.6) is 0 Å². The predicted octanol–water partition coefficient (Wildman–Crippen LogP) is 3.03. The molecule has 0 bridgehead atoms. The van der Waals surface area contributed by atoms with Gasteiger partial charge in [-0.1, -0.05) is 25.7 Å². The molecule has 2 aliphatic rings. The number of halogens is 1. The number of hydrogen-bond donors (Lipinski definition) is 2. The van der Waals surface area contributed by atoms with Crippen LogP contribution in [-0.2, 0) is 0 Å². The number of carbonyl (C=O) groups excluding carboxylic acids is 1. The number of anilines is 1. The summed E-state index contributed by atoms with van der Waals surface area (Å²) in [6.07, 6.45) is 6.10. The Bertz CT molecular complexity index is 479. The Labute approximate surface area is 106 Å². The van der Waals surface area contributed by atoms with Crippen LogP contribution in [0.25, 0.3) is 0 Å². The second-order valence-electron chi connectivity index (χ2n) is 5.27. The fraction of sp³-hybridized carbons (Fsp3) is 0.500. The number of nitrogens with one attached hydrogen (secondary N) is 2. The van der Waals surface area contributed by atoms with Crippen LogP contribution in [0.4, 0.5) is 10.1 Å². The molecule has 1 fully saturated rings. The van der Waals surface area contributed by atoms with Crippen LogP contribution in [0.2, 0.25) is 0 Å². The Morgan fingerprint density at radius 3 is 2.56 bits per heavy atom. The average molecular weight is 248 g/mol. The van der Waals surface area contributed by atoms with Crippen LogP contribution in [0, 0.1) is 5.82 Å². The second-order valence-corrected chi connectivity index (χ2v) is 5.27. The summed E-state index contributed by atoms with van der Waals surface area (Å²) in [6, 6.07) is 4.32. The van der Waals surface area contributed by atoms with Crippen molar-refractivity contribution in [3.05, 3.63) is 29.6 Å². The molecule has 0 unspecified atom stereocenters. The molecule has 1 aliphatic heterocycles. The molecule has 96 valence electrons. The molecular weight excluding hydrogens is 231 g/mol. The molecule has 0 amide bonds. The first-order valence-electron chi connectivity index (χ1n) is 6.59. The van der Waals surface area contributed by atoms with Gasteiger partial charge >= 0.3 is 0 Å². The van der Waals surface area contributed by atoms with Crippen molar-refractivity contribution >= 4 is 11.5 Å². The lowest BCUT2D eigenvalue weighted by molar-refractivity contribution is 0.0827. The van der Waals surface area contributed by atoms with Crippen LogP contribution >= 0.6 is 0 Å². The van der Waals surface area contributed by atoms with Gasteiger partial charge in [0.15, 0.2) is 5.78 Å². The van der Waals surface area contributed by atoms with Gasteiger partial charge < -0.3 is 5.43 Å². The quantitative estimate of drug-likeness (QED) is 0.741. The van der Waals surface area contributed by atoms with Crippen molar-refractivity contribution < 1.29 is 9.18 Å². The van der Waals surface area contributed by atoms with Crippen LogP contribution in [0.3, 0.4) is 0 Å². The van der Waals surface area contributed by atoms with E-state index >= 15 is 0 Å². The van der Waals surface area contributed by atoms with Crippen molar-refractivity contribution in [2.24, 2.45) is 0 Å². The topological polar surface area (TPSA) is 41.1 Å². The van der Waals surface area contributed by atoms with Crippen LogP contribution in [0.15, 0.2) is 18.2 Å². The summed E-state index contributed by atoms with van der Waals surface area (Å²) in [5.74, 6) is -0.313. The summed E-state index contributed by atoms with van der Waals surface area (Å²) in [6.45, 7) is 0. The van der Waals surface area contributed by atoms with Crippen molar-refractivity contribution in [3.8, 4) is 0 Å². The highest BCUT2D eigenvalue weighted by Crippen LogP contribution is 2.35. The van der Waals surface area contributed by atoms with Gasteiger partial charge in [0.2, 0.25) is 0 Å². The lowest BCUT2D eigenvalue weighted by Gasteiger charge is -2.37. The van der Waals surface area contributed by atoms with Crippen molar-refractivity contribution in [2.75, 3.05) is 5.43 Å². The summed E-state index contributed by atoms with van der Waals surface area (Å²) in [5.41, 5.74) is 6.88. The largest absolute Gasteiger partial charge is 0.320 e. The van der Waals surface area contributed by atoms with E-state index in [-0.39, 0.29) is 11.6 Å². The standard InChI is InChI=1S/C14H17FN2O/c15-10-5-6-12-11(9-10)13(18)14(17-16-12)7-3-1-2-4-8-14/h5-6,9,16-17H,1-4,7-8H2. The number of fused-ring (bicyclic) bond motifs is 1. The Balaban J connectivity index is 1.99. The normalized spacial score (nSPS) is 22.2. The third-order valence-corrected chi connectivity index (χ3v) is 4.05. The van der Waals surface area contributed by atoms with Gasteiger partial charge in [0, 0.05) is 5.56 Å². The molecule has 1 heterocycles. The van der Waals surface area contributed by atoms with E-state index in [0.717, 1.165) is 25.7 Å². The molecule has 4 heteroatoms. The fourth-order valence-corrected chi connectivity index (χ4v) is 3.00. The van der Waals surface area contributed by atoms with E-state index in [0.29, 0.717) is 11.3 Å². The number of hydrazine groups is 1. The Kier molecular flexibility index (Phi) is 2.82. The van der Waals surface area contributed by atoms with Crippen LogP contribution in [-0.4, -0.2) is 11.3 Å². The molecule has 0 radical (unpaired) electrons. The maximum atomic E-state index is 13.3. The number of benzene rings is 1. The molecular formula is C14H17FN2O. The first-order valence-corrected chi connectivity index (χ1v) is 6.59. The SMILES string of the molecule is O=C1c2cc(F)ccc2NNC12CCCCCC2. The smallest absolute Gasteiger partial charge is 0.186 e. The molecule has 1 saturated carbocycles. The van der Waals surface area contributed by atoms with Crippen molar-refractivity contribution in [3.63, 3.8) is 0 Å². The minimum atomic E-state index is -0.530. The van der Waals surface area contributed by atoms with E-state index in [1.807, 2.05) is 0 Å². The number of carbonyl (C=O) groups is 1. The van der Waals surface area contributed by atoms with E-state index in [1.54, 1.807) is 6.07 Å². The average Bonchev–Trinajstić information content (AvgIpc) is 2.61. The van der Waals surface area contributed by atoms with Gasteiger partial charge in [-0.2, -0.15) is 0 Å². The highest BCUT2D eigenvalue weighted by Gasteiger charge is 2.42. The Hall–Kier alpha value is -1.42. The zero-order valence-electron chi connectivity index (χ0n) is 10.3. The van der Waals surface area contributed by atoms with E-state index in [2.05, 4.69) is 10.9 Å². The lowest BCUT2D eigenvalue weighted by atomic mass is 9.81. The minimum absolute atomic E-state index is 0.0395. The van der Waals surface area contributed by atoms with E-state index in [4.69, 9.17) is 0 Å². The Morgan fingerprint density at radius 2 is 1.83 bits per heavy atom. The molecule has 0 atom stereocenters. The van der Waals surface area contributed by atoms with Gasteiger partial charge in [-0.3, -0.25) is 4.79 Å².